The van der Waals surface area contributed by atoms with Crippen molar-refractivity contribution in [2.45, 2.75) is 43.1 Å². The number of hydrogen-bond donors (Lipinski definition) is 1. The molecule has 1 aliphatic carbocycles. The van der Waals surface area contributed by atoms with E-state index in [1.54, 1.807) is 12.1 Å². The van der Waals surface area contributed by atoms with E-state index in [1.807, 2.05) is 12.1 Å². The molecule has 0 aliphatic heterocycles. The van der Waals surface area contributed by atoms with Gasteiger partial charge >= 0.3 is 5.97 Å². The first kappa shape index (κ1) is 18.7. The topological polar surface area (TPSA) is 46.5 Å². The molecule has 2 aromatic rings. The Labute approximate surface area is 155 Å². The summed E-state index contributed by atoms with van der Waals surface area (Å²) in [4.78, 5) is 10.4. The number of benzene rings is 2. The number of hydrogen-bond acceptors (Lipinski definition) is 3. The van der Waals surface area contributed by atoms with Gasteiger partial charge in [0.25, 0.3) is 0 Å². The van der Waals surface area contributed by atoms with E-state index in [2.05, 4.69) is 0 Å². The molecule has 3 nitrogen and oxygen atoms in total. The van der Waals surface area contributed by atoms with E-state index in [0.29, 0.717) is 29.1 Å². The zero-order valence-corrected chi connectivity index (χ0v) is 15.0. The van der Waals surface area contributed by atoms with Crippen molar-refractivity contribution < 1.29 is 23.4 Å². The molecule has 0 unspecified atom stereocenters. The lowest BCUT2D eigenvalue weighted by Gasteiger charge is -2.26. The lowest BCUT2D eigenvalue weighted by molar-refractivity contribution is -0.137. The number of thioether (sulfide) groups is 1. The van der Waals surface area contributed by atoms with E-state index in [1.165, 1.54) is 18.6 Å². The lowest BCUT2D eigenvalue weighted by atomic mass is 9.96. The molecule has 0 spiro atoms. The Morgan fingerprint density at radius 3 is 2.50 bits per heavy atom. The number of carbonyl (C=O) groups is 1. The fourth-order valence-corrected chi connectivity index (χ4v) is 3.58. The quantitative estimate of drug-likeness (QED) is 0.485. The second-order valence-corrected chi connectivity index (χ2v) is 7.42. The Morgan fingerprint density at radius 1 is 1.15 bits per heavy atom. The van der Waals surface area contributed by atoms with Crippen LogP contribution >= 0.6 is 11.8 Å². The maximum atomic E-state index is 14.3. The van der Waals surface area contributed by atoms with Crippen LogP contribution in [0.2, 0.25) is 0 Å². The van der Waals surface area contributed by atoms with Crippen LogP contribution in [0.1, 0.15) is 32.1 Å². The summed E-state index contributed by atoms with van der Waals surface area (Å²) in [6.07, 6.45) is 3.85. The van der Waals surface area contributed by atoms with Crippen molar-refractivity contribution in [3.63, 3.8) is 0 Å². The zero-order chi connectivity index (χ0) is 18.5. The molecule has 6 heteroatoms. The lowest BCUT2D eigenvalue weighted by Crippen LogP contribution is -2.24. The van der Waals surface area contributed by atoms with Gasteiger partial charge in [-0.05, 0) is 66.8 Å². The molecule has 1 N–H and O–H groups in total. The van der Waals surface area contributed by atoms with Crippen molar-refractivity contribution >= 4 is 17.7 Å². The molecule has 2 aromatic carbocycles. The largest absolute Gasteiger partial charge is 0.490 e. The molecule has 0 heterocycles. The zero-order valence-electron chi connectivity index (χ0n) is 14.2. The Hall–Kier alpha value is -2.08. The highest BCUT2D eigenvalue weighted by Crippen LogP contribution is 2.33. The predicted molar refractivity (Wildman–Crippen MR) is 97.7 cm³/mol. The van der Waals surface area contributed by atoms with Gasteiger partial charge in [-0.1, -0.05) is 12.1 Å². The fraction of sp³-hybridized carbons (Fsp3) is 0.350. The molecule has 26 heavy (non-hydrogen) atoms. The summed E-state index contributed by atoms with van der Waals surface area (Å²) in [5, 5.41) is 8.61. The van der Waals surface area contributed by atoms with Gasteiger partial charge in [0.15, 0.2) is 0 Å². The van der Waals surface area contributed by atoms with Gasteiger partial charge in [0.1, 0.15) is 17.4 Å². The standard InChI is InChI=1S/C20H20F2O3S/c21-17-11-14(12-18(22)20(17)26-9-3-8-19(23)24)13-4-1-7-16(10-13)25-15-5-2-6-15/h1,4,7,10-12,15H,2-3,5-6,8-9H2,(H,23,24). The first-order chi connectivity index (χ1) is 12.5. The van der Waals surface area contributed by atoms with Crippen LogP contribution in [0.4, 0.5) is 8.78 Å². The Kier molecular flexibility index (Phi) is 6.14. The Morgan fingerprint density at radius 2 is 1.88 bits per heavy atom. The molecule has 0 bridgehead atoms. The number of ether oxygens (including phenoxy) is 1. The van der Waals surface area contributed by atoms with Crippen molar-refractivity contribution in [3.8, 4) is 16.9 Å². The maximum absolute atomic E-state index is 14.3. The number of carboxylic acids is 1. The summed E-state index contributed by atoms with van der Waals surface area (Å²) in [6.45, 7) is 0. The van der Waals surface area contributed by atoms with Crippen LogP contribution < -0.4 is 4.74 Å². The third kappa shape index (κ3) is 4.75. The van der Waals surface area contributed by atoms with Crippen LogP contribution in [0.25, 0.3) is 11.1 Å². The van der Waals surface area contributed by atoms with E-state index in [0.717, 1.165) is 24.6 Å². The highest BCUT2D eigenvalue weighted by molar-refractivity contribution is 7.99. The van der Waals surface area contributed by atoms with E-state index in [9.17, 15) is 13.6 Å². The minimum Gasteiger partial charge on any atom is -0.490 e. The van der Waals surface area contributed by atoms with Gasteiger partial charge in [-0.25, -0.2) is 8.78 Å². The predicted octanol–water partition coefficient (Wildman–Crippen LogP) is 5.52. The van der Waals surface area contributed by atoms with Crippen LogP contribution in [0, 0.1) is 11.6 Å². The van der Waals surface area contributed by atoms with Gasteiger partial charge < -0.3 is 9.84 Å². The molecule has 1 saturated carbocycles. The number of aliphatic carboxylic acids is 1. The molecular formula is C20H20F2O3S. The number of halogens is 2. The maximum Gasteiger partial charge on any atom is 0.303 e. The van der Waals surface area contributed by atoms with Crippen molar-refractivity contribution in [2.75, 3.05) is 5.75 Å². The van der Waals surface area contributed by atoms with Gasteiger partial charge in [0, 0.05) is 6.42 Å². The Bertz CT molecular complexity index is 767. The van der Waals surface area contributed by atoms with Crippen LogP contribution in [0.3, 0.4) is 0 Å². The normalized spacial score (nSPS) is 14.1. The summed E-state index contributed by atoms with van der Waals surface area (Å²) in [7, 11) is 0. The number of carboxylic acid groups (broad SMARTS) is 1. The molecule has 0 radical (unpaired) electrons. The monoisotopic (exact) mass is 378 g/mol. The summed E-state index contributed by atoms with van der Waals surface area (Å²) < 4.78 is 34.5. The fourth-order valence-electron chi connectivity index (χ4n) is 2.69. The van der Waals surface area contributed by atoms with Crippen LogP contribution in [0.15, 0.2) is 41.3 Å². The highest BCUT2D eigenvalue weighted by Gasteiger charge is 2.19. The second kappa shape index (κ2) is 8.54. The average molecular weight is 378 g/mol. The molecular weight excluding hydrogens is 358 g/mol. The van der Waals surface area contributed by atoms with Gasteiger partial charge in [-0.15, -0.1) is 11.8 Å². The minimum absolute atomic E-state index is 0.0118. The first-order valence-corrected chi connectivity index (χ1v) is 9.62. The average Bonchev–Trinajstić information content (AvgIpc) is 2.56. The Balaban J connectivity index is 1.72. The molecule has 0 saturated heterocycles. The molecule has 3 rings (SSSR count). The summed E-state index contributed by atoms with van der Waals surface area (Å²) in [5.41, 5.74) is 1.15. The third-order valence-corrected chi connectivity index (χ3v) is 5.47. The van der Waals surface area contributed by atoms with Crippen LogP contribution in [-0.4, -0.2) is 22.9 Å². The van der Waals surface area contributed by atoms with E-state index < -0.39 is 17.6 Å². The van der Waals surface area contributed by atoms with E-state index in [4.69, 9.17) is 9.84 Å². The molecule has 0 aromatic heterocycles. The van der Waals surface area contributed by atoms with Crippen molar-refractivity contribution in [2.24, 2.45) is 0 Å². The molecule has 1 aliphatic rings. The summed E-state index contributed by atoms with van der Waals surface area (Å²) in [5.74, 6) is -1.12. The van der Waals surface area contributed by atoms with Crippen molar-refractivity contribution in [1.82, 2.24) is 0 Å². The van der Waals surface area contributed by atoms with E-state index in [-0.39, 0.29) is 17.4 Å². The molecule has 1 fully saturated rings. The SMILES string of the molecule is O=C(O)CCCSc1c(F)cc(-c2cccc(OC3CCC3)c2)cc1F. The van der Waals surface area contributed by atoms with Crippen LogP contribution in [-0.2, 0) is 4.79 Å². The molecule has 138 valence electrons. The first-order valence-electron chi connectivity index (χ1n) is 8.63. The molecule has 0 atom stereocenters. The van der Waals surface area contributed by atoms with Gasteiger partial charge in [-0.3, -0.25) is 4.79 Å². The smallest absolute Gasteiger partial charge is 0.303 e. The van der Waals surface area contributed by atoms with Gasteiger partial charge in [-0.2, -0.15) is 0 Å². The van der Waals surface area contributed by atoms with Crippen molar-refractivity contribution in [3.05, 3.63) is 48.0 Å². The number of rotatable bonds is 8. The molecule has 0 amide bonds. The summed E-state index contributed by atoms with van der Waals surface area (Å²) >= 11 is 1.00. The third-order valence-electron chi connectivity index (χ3n) is 4.30. The van der Waals surface area contributed by atoms with Gasteiger partial charge in [0.2, 0.25) is 0 Å². The minimum atomic E-state index is -0.911. The summed E-state index contributed by atoms with van der Waals surface area (Å²) in [6, 6.07) is 9.87. The van der Waals surface area contributed by atoms with E-state index >= 15 is 0 Å². The second-order valence-electron chi connectivity index (χ2n) is 6.31. The van der Waals surface area contributed by atoms with Crippen LogP contribution in [0.5, 0.6) is 5.75 Å². The van der Waals surface area contributed by atoms with Gasteiger partial charge in [0.05, 0.1) is 11.0 Å². The highest BCUT2D eigenvalue weighted by atomic mass is 32.2. The van der Waals surface area contributed by atoms with Crippen molar-refractivity contribution in [1.29, 1.82) is 0 Å².